The van der Waals surface area contributed by atoms with Crippen LogP contribution in [0.5, 0.6) is 17.4 Å². The first-order valence-corrected chi connectivity index (χ1v) is 30.5. The highest BCUT2D eigenvalue weighted by molar-refractivity contribution is 7.48. The fourth-order valence-corrected chi connectivity index (χ4v) is 11.9. The summed E-state index contributed by atoms with van der Waals surface area (Å²) in [6.45, 7) is 3.26. The van der Waals surface area contributed by atoms with E-state index in [1.807, 2.05) is 66.7 Å². The molecule has 1 N–H and O–H groups in total. The molecular weight excluding hydrogens is 1190 g/mol. The van der Waals surface area contributed by atoms with Crippen LogP contribution in [0.1, 0.15) is 95.0 Å². The SMILES string of the molecule is COc1ccc(C(OC[C@H]2O[C@@H](n3cnc4c(OCCC#N)nc(NC(=O)C(C)C)nc43)C[C@@H]2OP(=O)(OCCC#N)OC[C@H]2O[C@@H](n3cc(C)c(=O)n(C(=O)c4ccccc4)c3=O)C[C@@H]2OC(=O)c2ccccc2)(c2ccccc2)c2ccc(OC)cc2)cc1. The lowest BCUT2D eigenvalue weighted by Crippen LogP contribution is -2.45. The number of phosphoric acid groups is 1. The van der Waals surface area contributed by atoms with E-state index in [0.29, 0.717) is 32.8 Å². The Balaban J connectivity index is 1.04. The van der Waals surface area contributed by atoms with Crippen molar-refractivity contribution in [3.63, 3.8) is 0 Å². The van der Waals surface area contributed by atoms with Gasteiger partial charge in [0.15, 0.2) is 11.2 Å². The number of amides is 1. The summed E-state index contributed by atoms with van der Waals surface area (Å²) < 4.78 is 81.5. The third-order valence-electron chi connectivity index (χ3n) is 15.1. The predicted octanol–water partition coefficient (Wildman–Crippen LogP) is 9.00. The summed E-state index contributed by atoms with van der Waals surface area (Å²) in [5, 5.41) is 21.8. The Bertz CT molecular complexity index is 4090. The van der Waals surface area contributed by atoms with Crippen LogP contribution in [-0.4, -0.2) is 111 Å². The normalized spacial score (nSPS) is 18.6. The van der Waals surface area contributed by atoms with Crippen LogP contribution in [0.15, 0.2) is 162 Å². The maximum Gasteiger partial charge on any atom is 0.475 e. The third kappa shape index (κ3) is 14.3. The van der Waals surface area contributed by atoms with Gasteiger partial charge in [0.2, 0.25) is 17.7 Å². The number of esters is 1. The summed E-state index contributed by atoms with van der Waals surface area (Å²) in [5.41, 5.74) is -0.777. The zero-order chi connectivity index (χ0) is 64.2. The molecule has 2 aliphatic rings. The summed E-state index contributed by atoms with van der Waals surface area (Å²) in [5.74, 6) is -1.55. The zero-order valence-corrected chi connectivity index (χ0v) is 51.1. The molecule has 2 saturated heterocycles. The molecule has 0 spiro atoms. The number of carbonyl (C=O) groups is 3. The standard InChI is InChI=1S/C65H64N9O16P/c1-41(2)58(75)70-63-69-57-56(59(71-63)83-33-15-31-66)68-40-73(57)55-36-51(52(87-55)38-84-65(45-21-13-8-14-22-45,46-23-27-48(81-4)28-24-46)47-25-29-49(82-5)30-26-47)90-91(80,85-34-16-32-67)86-39-53-50(89-62(78)44-19-11-7-12-20-44)35-54(88-53)72-37-42(3)60(76)74(64(72)79)61(77)43-17-9-6-10-18-43/h6-14,17-30,37,40-41,50-55H,15-16,33-36,38-39H2,1-5H3,(H,69,70,71,75)/t50-,51-,52+,53+,54+,55+,91?/m0/s1. The molecule has 5 aromatic carbocycles. The number of benzene rings is 5. The van der Waals surface area contributed by atoms with Gasteiger partial charge in [0.05, 0.1) is 70.9 Å². The zero-order valence-electron chi connectivity index (χ0n) is 50.2. The lowest BCUT2D eigenvalue weighted by molar-refractivity contribution is -0.119. The molecule has 0 aliphatic carbocycles. The van der Waals surface area contributed by atoms with Gasteiger partial charge in [0.25, 0.3) is 11.5 Å². The molecule has 3 aromatic heterocycles. The number of aryl methyl sites for hydroxylation is 1. The first kappa shape index (κ1) is 64.3. The predicted molar refractivity (Wildman–Crippen MR) is 326 cm³/mol. The number of nitrogens with zero attached hydrogens (tertiary/aromatic N) is 8. The quantitative estimate of drug-likeness (QED) is 0.0229. The number of ether oxygens (including phenoxy) is 7. The Kier molecular flexibility index (Phi) is 20.4. The Hall–Kier alpha value is -9.69. The number of nitriles is 2. The first-order valence-electron chi connectivity index (χ1n) is 29.1. The van der Waals surface area contributed by atoms with Gasteiger partial charge in [-0.25, -0.2) is 19.1 Å². The minimum Gasteiger partial charge on any atom is -0.497 e. The molecule has 2 aliphatic heterocycles. The van der Waals surface area contributed by atoms with Crippen LogP contribution >= 0.6 is 7.82 Å². The van der Waals surface area contributed by atoms with Crippen molar-refractivity contribution in [3.05, 3.63) is 206 Å². The number of phosphoric ester groups is 1. The minimum atomic E-state index is -4.98. The number of imidazole rings is 1. The maximum absolute atomic E-state index is 15.7. The number of fused-ring (bicyclic) bond motifs is 1. The third-order valence-corrected chi connectivity index (χ3v) is 16.6. The lowest BCUT2D eigenvalue weighted by atomic mass is 9.80. The molecule has 5 heterocycles. The van der Waals surface area contributed by atoms with Gasteiger partial charge in [-0.3, -0.25) is 42.4 Å². The number of rotatable bonds is 26. The van der Waals surface area contributed by atoms with Crippen molar-refractivity contribution < 1.29 is 65.7 Å². The highest BCUT2D eigenvalue weighted by atomic mass is 31.2. The maximum atomic E-state index is 15.7. The molecule has 91 heavy (non-hydrogen) atoms. The van der Waals surface area contributed by atoms with Gasteiger partial charge < -0.3 is 33.2 Å². The first-order chi connectivity index (χ1) is 44.1. The van der Waals surface area contributed by atoms with Crippen LogP contribution in [0, 0.1) is 35.5 Å². The molecule has 8 aromatic rings. The second-order valence-electron chi connectivity index (χ2n) is 21.4. The van der Waals surface area contributed by atoms with E-state index in [0.717, 1.165) is 4.57 Å². The van der Waals surface area contributed by atoms with Crippen molar-refractivity contribution in [1.82, 2.24) is 28.7 Å². The Morgan fingerprint density at radius 2 is 1.27 bits per heavy atom. The molecule has 10 rings (SSSR count). The summed E-state index contributed by atoms with van der Waals surface area (Å²) >= 11 is 0. The topological polar surface area (TPSA) is 308 Å². The van der Waals surface area contributed by atoms with Gasteiger partial charge in [-0.15, -0.1) is 0 Å². The van der Waals surface area contributed by atoms with Crippen molar-refractivity contribution >= 4 is 42.7 Å². The Morgan fingerprint density at radius 3 is 1.88 bits per heavy atom. The average molecular weight is 1260 g/mol. The summed E-state index contributed by atoms with van der Waals surface area (Å²) in [7, 11) is -1.87. The molecule has 0 radical (unpaired) electrons. The highest BCUT2D eigenvalue weighted by Crippen LogP contribution is 2.55. The van der Waals surface area contributed by atoms with E-state index < -0.39 is 98.5 Å². The fourth-order valence-electron chi connectivity index (χ4n) is 10.5. The summed E-state index contributed by atoms with van der Waals surface area (Å²) in [6, 6.07) is 44.0. The molecule has 25 nitrogen and oxygen atoms in total. The van der Waals surface area contributed by atoms with Gasteiger partial charge >= 0.3 is 19.5 Å². The van der Waals surface area contributed by atoms with Crippen molar-refractivity contribution in [3.8, 4) is 29.5 Å². The molecule has 1 amide bonds. The molecular formula is C65H64N9O16P. The largest absolute Gasteiger partial charge is 0.497 e. The second-order valence-corrected chi connectivity index (χ2v) is 23.0. The van der Waals surface area contributed by atoms with Crippen molar-refractivity contribution in [2.75, 3.05) is 46.0 Å². The van der Waals surface area contributed by atoms with Crippen LogP contribution in [0.4, 0.5) is 5.95 Å². The smallest absolute Gasteiger partial charge is 0.475 e. The van der Waals surface area contributed by atoms with E-state index in [1.165, 1.54) is 43.7 Å². The monoisotopic (exact) mass is 1260 g/mol. The van der Waals surface area contributed by atoms with Crippen molar-refractivity contribution in [2.24, 2.45) is 5.92 Å². The Labute approximate surface area is 522 Å². The Morgan fingerprint density at radius 1 is 0.714 bits per heavy atom. The molecule has 0 saturated carbocycles. The number of aromatic nitrogens is 6. The van der Waals surface area contributed by atoms with E-state index in [2.05, 4.69) is 20.3 Å². The van der Waals surface area contributed by atoms with Gasteiger partial charge in [-0.05, 0) is 72.1 Å². The summed E-state index contributed by atoms with van der Waals surface area (Å²) in [4.78, 5) is 82.3. The van der Waals surface area contributed by atoms with Gasteiger partial charge in [-0.2, -0.15) is 25.1 Å². The van der Waals surface area contributed by atoms with E-state index in [9.17, 15) is 34.5 Å². The molecule has 1 unspecified atom stereocenters. The lowest BCUT2D eigenvalue weighted by Gasteiger charge is -2.37. The number of hydrogen-bond acceptors (Lipinski definition) is 21. The van der Waals surface area contributed by atoms with E-state index >= 15 is 4.57 Å². The van der Waals surface area contributed by atoms with Crippen LogP contribution in [0.2, 0.25) is 0 Å². The second kappa shape index (κ2) is 28.9. The van der Waals surface area contributed by atoms with E-state index in [4.69, 9.17) is 46.7 Å². The number of methoxy groups -OCH3 is 2. The van der Waals surface area contributed by atoms with E-state index in [1.54, 1.807) is 93.3 Å². The average Bonchev–Trinajstić information content (AvgIpc) is 1.26. The number of nitrogens with one attached hydrogen (secondary N) is 1. The van der Waals surface area contributed by atoms with Crippen LogP contribution in [0.3, 0.4) is 0 Å². The van der Waals surface area contributed by atoms with Crippen molar-refractivity contribution in [1.29, 1.82) is 10.5 Å². The van der Waals surface area contributed by atoms with Crippen LogP contribution in [0.25, 0.3) is 11.2 Å². The molecule has 2 fully saturated rings. The molecule has 26 heteroatoms. The molecule has 7 atom stereocenters. The van der Waals surface area contributed by atoms with Gasteiger partial charge in [0, 0.05) is 36.1 Å². The highest BCUT2D eigenvalue weighted by Gasteiger charge is 2.48. The van der Waals surface area contributed by atoms with Crippen LogP contribution in [-0.2, 0) is 47.5 Å². The van der Waals surface area contributed by atoms with Crippen molar-refractivity contribution in [2.45, 2.75) is 88.9 Å². The van der Waals surface area contributed by atoms with Gasteiger partial charge in [-0.1, -0.05) is 105 Å². The van der Waals surface area contributed by atoms with E-state index in [-0.39, 0.29) is 78.6 Å². The number of anilines is 1. The number of hydrogen-bond donors (Lipinski definition) is 1. The number of carbonyl (C=O) groups excluding carboxylic acids is 3. The van der Waals surface area contributed by atoms with Gasteiger partial charge in [0.1, 0.15) is 60.6 Å². The fraction of sp³-hybridized carbons (Fsp3) is 0.323. The molecule has 0 bridgehead atoms. The summed E-state index contributed by atoms with van der Waals surface area (Å²) in [6.07, 6.45) is -5.47. The molecule has 470 valence electrons. The minimum absolute atomic E-state index is 0.00276. The van der Waals surface area contributed by atoms with Crippen LogP contribution < -0.4 is 30.8 Å².